The summed E-state index contributed by atoms with van der Waals surface area (Å²) in [6, 6.07) is 4.79. The van der Waals surface area contributed by atoms with Crippen molar-refractivity contribution in [3.63, 3.8) is 0 Å². The molecule has 0 radical (unpaired) electrons. The number of anilines is 1. The maximum absolute atomic E-state index is 13.2. The molecule has 0 aliphatic carbocycles. The Hall–Kier alpha value is -1.47. The maximum atomic E-state index is 13.2. The van der Waals surface area contributed by atoms with Gasteiger partial charge in [0.15, 0.2) is 0 Å². The van der Waals surface area contributed by atoms with Gasteiger partial charge in [0, 0.05) is 12.5 Å². The predicted octanol–water partition coefficient (Wildman–Crippen LogP) is 4.00. The first-order valence-corrected chi connectivity index (χ1v) is 9.48. The highest BCUT2D eigenvalue weighted by molar-refractivity contribution is 8.26. The largest absolute Gasteiger partial charge is 0.417 e. The number of halogens is 3. The van der Waals surface area contributed by atoms with Crippen LogP contribution in [0.4, 0.5) is 18.9 Å². The third kappa shape index (κ3) is 2.28. The summed E-state index contributed by atoms with van der Waals surface area (Å²) in [5.41, 5.74) is -2.13. The van der Waals surface area contributed by atoms with E-state index in [9.17, 15) is 22.3 Å². The molecule has 25 heavy (non-hydrogen) atoms. The molecule has 2 N–H and O–H groups in total. The maximum Gasteiger partial charge on any atom is 0.417 e. The summed E-state index contributed by atoms with van der Waals surface area (Å²) in [5, 5.41) is 8.40. The number of nitrogens with zero attached hydrogens (tertiary/aromatic N) is 2. The van der Waals surface area contributed by atoms with Crippen molar-refractivity contribution in [2.75, 3.05) is 10.8 Å². The van der Waals surface area contributed by atoms with Crippen LogP contribution in [-0.4, -0.2) is 32.6 Å². The molecular formula is C16H17F3N2O3S. The Balaban J connectivity index is 1.76. The number of fused-ring (bicyclic) bond motifs is 5. The van der Waals surface area contributed by atoms with Gasteiger partial charge in [-0.2, -0.15) is 18.4 Å². The highest BCUT2D eigenvalue weighted by Crippen LogP contribution is 2.69. The van der Waals surface area contributed by atoms with Crippen LogP contribution in [0, 0.1) is 17.2 Å². The summed E-state index contributed by atoms with van der Waals surface area (Å²) in [6.45, 7) is 2.08. The standard InChI is InChI=1S/C16H17F3N2O3S/c1-15-5-4-13(24-15)11-8-21(25(22,23)14(11)15)10-3-2-9(7-20)12(6-10)16(17,18)19/h2-3,6,11,13-14,22-23H,4-5,8H2,1H3/t11-,13+,14-,15-/m1/s1. The fourth-order valence-corrected chi connectivity index (χ4v) is 7.21. The summed E-state index contributed by atoms with van der Waals surface area (Å²) in [6.07, 6.45) is -3.24. The predicted molar refractivity (Wildman–Crippen MR) is 86.1 cm³/mol. The van der Waals surface area contributed by atoms with E-state index in [1.807, 2.05) is 6.92 Å². The molecule has 0 aromatic heterocycles. The first-order valence-electron chi connectivity index (χ1n) is 7.92. The zero-order chi connectivity index (χ0) is 18.2. The average Bonchev–Trinajstić information content (AvgIpc) is 3.13. The molecule has 3 heterocycles. The molecule has 3 saturated heterocycles. The van der Waals surface area contributed by atoms with E-state index in [-0.39, 0.29) is 24.3 Å². The monoisotopic (exact) mass is 374 g/mol. The van der Waals surface area contributed by atoms with Crippen LogP contribution in [0.2, 0.25) is 0 Å². The number of alkyl halides is 3. The van der Waals surface area contributed by atoms with Gasteiger partial charge in [-0.15, -0.1) is 10.8 Å². The molecule has 0 spiro atoms. The van der Waals surface area contributed by atoms with Crippen LogP contribution in [0.5, 0.6) is 0 Å². The summed E-state index contributed by atoms with van der Waals surface area (Å²) >= 11 is 0. The van der Waals surface area contributed by atoms with E-state index in [1.54, 1.807) is 0 Å². The van der Waals surface area contributed by atoms with Crippen molar-refractivity contribution in [2.45, 2.75) is 42.9 Å². The molecule has 3 fully saturated rings. The van der Waals surface area contributed by atoms with E-state index in [0.29, 0.717) is 6.42 Å². The third-order valence-corrected chi connectivity index (χ3v) is 8.11. The number of hydrogen-bond donors (Lipinski definition) is 2. The van der Waals surface area contributed by atoms with E-state index in [1.165, 1.54) is 16.4 Å². The van der Waals surface area contributed by atoms with Gasteiger partial charge in [0.2, 0.25) is 0 Å². The highest BCUT2D eigenvalue weighted by atomic mass is 32.3. The van der Waals surface area contributed by atoms with Crippen molar-refractivity contribution in [3.05, 3.63) is 29.3 Å². The van der Waals surface area contributed by atoms with Gasteiger partial charge < -0.3 is 4.74 Å². The van der Waals surface area contributed by atoms with Gasteiger partial charge in [-0.1, -0.05) is 0 Å². The molecule has 1 aromatic carbocycles. The zero-order valence-corrected chi connectivity index (χ0v) is 14.1. The van der Waals surface area contributed by atoms with E-state index in [4.69, 9.17) is 10.00 Å². The summed E-state index contributed by atoms with van der Waals surface area (Å²) < 4.78 is 68.5. The molecule has 0 amide bonds. The van der Waals surface area contributed by atoms with Crippen LogP contribution in [-0.2, 0) is 10.9 Å². The zero-order valence-electron chi connectivity index (χ0n) is 13.3. The Morgan fingerprint density at radius 3 is 2.72 bits per heavy atom. The van der Waals surface area contributed by atoms with E-state index in [0.717, 1.165) is 18.6 Å². The van der Waals surface area contributed by atoms with Crippen LogP contribution < -0.4 is 4.31 Å². The van der Waals surface area contributed by atoms with Gasteiger partial charge in [0.1, 0.15) is 5.25 Å². The van der Waals surface area contributed by atoms with Gasteiger partial charge in [-0.25, -0.2) is 0 Å². The topological polar surface area (TPSA) is 76.7 Å². The van der Waals surface area contributed by atoms with Crippen LogP contribution in [0.3, 0.4) is 0 Å². The summed E-state index contributed by atoms with van der Waals surface area (Å²) in [4.78, 5) is 0. The molecule has 2 bridgehead atoms. The number of benzene rings is 1. The molecule has 0 unspecified atom stereocenters. The molecule has 136 valence electrons. The fourth-order valence-electron chi connectivity index (χ4n) is 4.55. The lowest BCUT2D eigenvalue weighted by molar-refractivity contribution is -0.137. The van der Waals surface area contributed by atoms with Gasteiger partial charge in [0.05, 0.1) is 34.6 Å². The normalized spacial score (nSPS) is 37.0. The Labute approximate surface area is 144 Å². The first-order chi connectivity index (χ1) is 11.6. The Morgan fingerprint density at radius 2 is 2.12 bits per heavy atom. The minimum Gasteiger partial charge on any atom is -0.370 e. The molecule has 4 atom stereocenters. The lowest BCUT2D eigenvalue weighted by Crippen LogP contribution is -2.41. The Morgan fingerprint density at radius 1 is 1.40 bits per heavy atom. The van der Waals surface area contributed by atoms with Crippen molar-refractivity contribution in [1.29, 1.82) is 5.26 Å². The van der Waals surface area contributed by atoms with Gasteiger partial charge in [-0.05, 0) is 38.0 Å². The molecule has 3 aliphatic heterocycles. The highest BCUT2D eigenvalue weighted by Gasteiger charge is 2.66. The number of hydrogen-bond acceptors (Lipinski definition) is 5. The smallest absolute Gasteiger partial charge is 0.370 e. The van der Waals surface area contributed by atoms with E-state index < -0.39 is 38.9 Å². The van der Waals surface area contributed by atoms with Gasteiger partial charge >= 0.3 is 6.18 Å². The lowest BCUT2D eigenvalue weighted by atomic mass is 9.82. The summed E-state index contributed by atoms with van der Waals surface area (Å²) in [7, 11) is -3.33. The second-order valence-corrected chi connectivity index (χ2v) is 9.12. The van der Waals surface area contributed by atoms with Gasteiger partial charge in [0.25, 0.3) is 0 Å². The van der Waals surface area contributed by atoms with Crippen LogP contribution in [0.25, 0.3) is 0 Å². The van der Waals surface area contributed by atoms with Crippen molar-refractivity contribution < 1.29 is 27.0 Å². The fraction of sp³-hybridized carbons (Fsp3) is 0.562. The first kappa shape index (κ1) is 17.0. The van der Waals surface area contributed by atoms with Crippen molar-refractivity contribution in [2.24, 2.45) is 5.92 Å². The molecular weight excluding hydrogens is 357 g/mol. The van der Waals surface area contributed by atoms with Crippen molar-refractivity contribution in [3.8, 4) is 6.07 Å². The molecule has 4 rings (SSSR count). The molecule has 3 aliphatic rings. The second-order valence-electron chi connectivity index (χ2n) is 7.05. The van der Waals surface area contributed by atoms with E-state index in [2.05, 4.69) is 0 Å². The Kier molecular flexibility index (Phi) is 3.42. The van der Waals surface area contributed by atoms with Crippen LogP contribution >= 0.6 is 10.8 Å². The van der Waals surface area contributed by atoms with Crippen LogP contribution in [0.15, 0.2) is 18.2 Å². The number of rotatable bonds is 1. The Bertz CT molecular complexity index is 779. The molecule has 0 saturated carbocycles. The van der Waals surface area contributed by atoms with E-state index >= 15 is 0 Å². The van der Waals surface area contributed by atoms with Crippen LogP contribution in [0.1, 0.15) is 30.9 Å². The molecule has 9 heteroatoms. The molecule has 1 aromatic rings. The number of nitriles is 1. The SMILES string of the molecule is C[C@]12CC[C@H](O1)[C@H]1CN(c3ccc(C#N)c(C(F)(F)F)c3)S(O)(O)[C@H]12. The minimum absolute atomic E-state index is 0.0729. The summed E-state index contributed by atoms with van der Waals surface area (Å²) in [5.74, 6) is -0.117. The quantitative estimate of drug-likeness (QED) is 0.777. The number of ether oxygens (including phenoxy) is 1. The third-order valence-electron chi connectivity index (χ3n) is 5.57. The minimum atomic E-state index is -4.69. The van der Waals surface area contributed by atoms with Crippen molar-refractivity contribution in [1.82, 2.24) is 0 Å². The second kappa shape index (κ2) is 5.04. The van der Waals surface area contributed by atoms with Crippen molar-refractivity contribution >= 4 is 16.5 Å². The molecule has 5 nitrogen and oxygen atoms in total. The lowest BCUT2D eigenvalue weighted by Gasteiger charge is -2.46. The van der Waals surface area contributed by atoms with Gasteiger partial charge in [-0.3, -0.25) is 13.4 Å². The average molecular weight is 374 g/mol.